The maximum Gasteiger partial charge on any atom is 0.267 e. The minimum absolute atomic E-state index is 0.0117. The molecule has 1 N–H and O–H groups in total. The van der Waals surface area contributed by atoms with Crippen LogP contribution in [0.3, 0.4) is 0 Å². The summed E-state index contributed by atoms with van der Waals surface area (Å²) in [6, 6.07) is 3.52. The van der Waals surface area contributed by atoms with Gasteiger partial charge in [-0.05, 0) is 55.4 Å². The fourth-order valence-electron chi connectivity index (χ4n) is 3.04. The highest BCUT2D eigenvalue weighted by Gasteiger charge is 2.27. The summed E-state index contributed by atoms with van der Waals surface area (Å²) in [5.74, 6) is -0.727. The van der Waals surface area contributed by atoms with Gasteiger partial charge in [0.05, 0.1) is 17.7 Å². The maximum absolute atomic E-state index is 13.8. The summed E-state index contributed by atoms with van der Waals surface area (Å²) in [7, 11) is -2.50. The smallest absolute Gasteiger partial charge is 0.267 e. The van der Waals surface area contributed by atoms with Crippen molar-refractivity contribution in [3.05, 3.63) is 34.6 Å². The summed E-state index contributed by atoms with van der Waals surface area (Å²) in [6.45, 7) is 3.07. The monoisotopic (exact) mass is 428 g/mol. The van der Waals surface area contributed by atoms with E-state index >= 15 is 0 Å². The second-order valence-corrected chi connectivity index (χ2v) is 9.09. The summed E-state index contributed by atoms with van der Waals surface area (Å²) in [5.41, 5.74) is 0.622. The number of methoxy groups -OCH3 is 1. The predicted octanol–water partition coefficient (Wildman–Crippen LogP) is 1.82. The molecule has 1 aromatic heterocycles. The molecular weight excluding hydrogens is 407 g/mol. The van der Waals surface area contributed by atoms with Gasteiger partial charge >= 0.3 is 0 Å². The van der Waals surface area contributed by atoms with Gasteiger partial charge in [0, 0.05) is 19.6 Å². The molecule has 152 valence electrons. The molecule has 2 heterocycles. The van der Waals surface area contributed by atoms with E-state index in [1.807, 2.05) is 0 Å². The fraction of sp³-hybridized carbons (Fsp3) is 0.471. The van der Waals surface area contributed by atoms with Gasteiger partial charge in [-0.3, -0.25) is 4.79 Å². The Kier molecular flexibility index (Phi) is 6.26. The van der Waals surface area contributed by atoms with E-state index in [9.17, 15) is 17.6 Å². The van der Waals surface area contributed by atoms with Crippen LogP contribution in [0.4, 0.5) is 4.39 Å². The van der Waals surface area contributed by atoms with Gasteiger partial charge in [0.25, 0.3) is 5.91 Å². The van der Waals surface area contributed by atoms with Crippen LogP contribution in [-0.4, -0.2) is 55.6 Å². The number of rotatable bonds is 6. The average Bonchev–Trinajstić information content (AvgIpc) is 3.12. The summed E-state index contributed by atoms with van der Waals surface area (Å²) in [6.07, 6.45) is 1.35. The van der Waals surface area contributed by atoms with Gasteiger partial charge in [-0.25, -0.2) is 17.5 Å². The quantitative estimate of drug-likeness (QED) is 0.753. The van der Waals surface area contributed by atoms with Crippen LogP contribution in [0.15, 0.2) is 23.1 Å². The highest BCUT2D eigenvalue weighted by molar-refractivity contribution is 7.89. The molecule has 0 atom stereocenters. The summed E-state index contributed by atoms with van der Waals surface area (Å²) in [4.78, 5) is 14.6. The third kappa shape index (κ3) is 4.47. The zero-order valence-corrected chi connectivity index (χ0v) is 17.1. The number of sulfonamides is 1. The molecule has 1 saturated heterocycles. The van der Waals surface area contributed by atoms with Crippen LogP contribution in [0.5, 0.6) is 5.75 Å². The molecule has 1 aromatic carbocycles. The van der Waals surface area contributed by atoms with Gasteiger partial charge < -0.3 is 9.64 Å². The lowest BCUT2D eigenvalue weighted by Crippen LogP contribution is -2.41. The number of carbonyl (C=O) groups excluding carboxylic acids is 1. The van der Waals surface area contributed by atoms with Gasteiger partial charge in [-0.2, -0.15) is 0 Å². The van der Waals surface area contributed by atoms with Gasteiger partial charge in [0.15, 0.2) is 11.6 Å². The molecule has 0 spiro atoms. The van der Waals surface area contributed by atoms with Crippen molar-refractivity contribution in [2.24, 2.45) is 5.92 Å². The zero-order chi connectivity index (χ0) is 20.3. The number of hydrogen-bond acceptors (Lipinski definition) is 7. The highest BCUT2D eigenvalue weighted by atomic mass is 32.2. The Hall–Kier alpha value is -2.11. The number of halogens is 1. The number of aryl methyl sites for hydroxylation is 1. The molecule has 0 unspecified atom stereocenters. The number of likely N-dealkylation sites (tertiary alicyclic amines) is 1. The van der Waals surface area contributed by atoms with Gasteiger partial charge in [-0.15, -0.1) is 5.10 Å². The molecule has 11 heteroatoms. The van der Waals surface area contributed by atoms with E-state index in [0.717, 1.165) is 17.6 Å². The normalized spacial score (nSPS) is 15.6. The van der Waals surface area contributed by atoms with E-state index in [4.69, 9.17) is 4.74 Å². The maximum atomic E-state index is 13.8. The number of nitrogens with one attached hydrogen (secondary N) is 1. The number of carbonyl (C=O) groups is 1. The Balaban J connectivity index is 1.54. The molecule has 3 rings (SSSR count). The first-order chi connectivity index (χ1) is 13.3. The summed E-state index contributed by atoms with van der Waals surface area (Å²) >= 11 is 1.08. The first kappa shape index (κ1) is 20.6. The molecule has 1 fully saturated rings. The first-order valence-electron chi connectivity index (χ1n) is 8.73. The molecular formula is C17H21FN4O4S2. The minimum atomic E-state index is -3.82. The van der Waals surface area contributed by atoms with E-state index < -0.39 is 15.8 Å². The van der Waals surface area contributed by atoms with E-state index in [2.05, 4.69) is 14.3 Å². The number of hydrogen-bond donors (Lipinski definition) is 1. The lowest BCUT2D eigenvalue weighted by molar-refractivity contribution is 0.0696. The molecule has 2 aromatic rings. The molecule has 1 aliphatic heterocycles. The fourth-order valence-corrected chi connectivity index (χ4v) is 4.79. The molecule has 0 bridgehead atoms. The Bertz CT molecular complexity index is 956. The molecule has 0 aliphatic carbocycles. The standard InChI is InChI=1S/C17H21FN4O4S2/c1-11-16(27-21-20-11)17(23)22-7-5-12(6-8-22)10-19-28(24,25)13-3-4-15(26-2)14(18)9-13/h3-4,9,12,19H,5-8,10H2,1-2H3. The molecule has 28 heavy (non-hydrogen) atoms. The van der Waals surface area contributed by atoms with E-state index in [1.165, 1.54) is 19.2 Å². The molecule has 1 amide bonds. The van der Waals surface area contributed by atoms with Crippen molar-refractivity contribution >= 4 is 27.5 Å². The van der Waals surface area contributed by atoms with Crippen molar-refractivity contribution in [3.8, 4) is 5.75 Å². The molecule has 0 saturated carbocycles. The lowest BCUT2D eigenvalue weighted by Gasteiger charge is -2.31. The number of benzene rings is 1. The third-order valence-corrected chi connectivity index (χ3v) is 6.98. The Morgan fingerprint density at radius 1 is 1.39 bits per heavy atom. The highest BCUT2D eigenvalue weighted by Crippen LogP contribution is 2.23. The number of nitrogens with zero attached hydrogens (tertiary/aromatic N) is 3. The van der Waals surface area contributed by atoms with Crippen LogP contribution >= 0.6 is 11.5 Å². The lowest BCUT2D eigenvalue weighted by atomic mass is 9.97. The van der Waals surface area contributed by atoms with E-state index in [0.29, 0.717) is 36.5 Å². The number of piperidine rings is 1. The molecule has 1 aliphatic rings. The second-order valence-electron chi connectivity index (χ2n) is 6.57. The number of ether oxygens (including phenoxy) is 1. The largest absolute Gasteiger partial charge is 0.494 e. The number of aromatic nitrogens is 2. The minimum Gasteiger partial charge on any atom is -0.494 e. The van der Waals surface area contributed by atoms with Crippen LogP contribution in [-0.2, 0) is 10.0 Å². The average molecular weight is 429 g/mol. The SMILES string of the molecule is COc1ccc(S(=O)(=O)NCC2CCN(C(=O)c3snnc3C)CC2)cc1F. The second kappa shape index (κ2) is 8.50. The summed E-state index contributed by atoms with van der Waals surface area (Å²) in [5, 5.41) is 3.86. The van der Waals surface area contributed by atoms with Crippen LogP contribution in [0.2, 0.25) is 0 Å². The molecule has 0 radical (unpaired) electrons. The summed E-state index contributed by atoms with van der Waals surface area (Å²) < 4.78 is 49.7. The zero-order valence-electron chi connectivity index (χ0n) is 15.5. The third-order valence-electron chi connectivity index (χ3n) is 4.74. The van der Waals surface area contributed by atoms with Crippen LogP contribution in [0, 0.1) is 18.7 Å². The Labute approximate surface area is 166 Å². The van der Waals surface area contributed by atoms with E-state index in [-0.39, 0.29) is 29.0 Å². The first-order valence-corrected chi connectivity index (χ1v) is 11.0. The van der Waals surface area contributed by atoms with Crippen LogP contribution in [0.1, 0.15) is 28.2 Å². The molecule has 8 nitrogen and oxygen atoms in total. The topological polar surface area (TPSA) is 101 Å². The Morgan fingerprint density at radius 3 is 2.68 bits per heavy atom. The van der Waals surface area contributed by atoms with Crippen molar-refractivity contribution in [2.75, 3.05) is 26.7 Å². The van der Waals surface area contributed by atoms with Gasteiger partial charge in [-0.1, -0.05) is 4.49 Å². The van der Waals surface area contributed by atoms with Gasteiger partial charge in [0.2, 0.25) is 10.0 Å². The van der Waals surface area contributed by atoms with Crippen LogP contribution < -0.4 is 9.46 Å². The Morgan fingerprint density at radius 2 is 2.11 bits per heavy atom. The van der Waals surface area contributed by atoms with Crippen molar-refractivity contribution in [3.63, 3.8) is 0 Å². The van der Waals surface area contributed by atoms with Crippen molar-refractivity contribution < 1.29 is 22.3 Å². The van der Waals surface area contributed by atoms with E-state index in [1.54, 1.807) is 11.8 Å². The van der Waals surface area contributed by atoms with Crippen molar-refractivity contribution in [1.82, 2.24) is 19.2 Å². The van der Waals surface area contributed by atoms with Gasteiger partial charge in [0.1, 0.15) is 4.88 Å². The number of amides is 1. The van der Waals surface area contributed by atoms with Crippen LogP contribution in [0.25, 0.3) is 0 Å². The predicted molar refractivity (Wildman–Crippen MR) is 101 cm³/mol. The van der Waals surface area contributed by atoms with Crippen molar-refractivity contribution in [2.45, 2.75) is 24.7 Å². The van der Waals surface area contributed by atoms with Crippen molar-refractivity contribution in [1.29, 1.82) is 0 Å².